The number of hydrogen-bond donors (Lipinski definition) is 2. The van der Waals surface area contributed by atoms with Crippen molar-refractivity contribution in [2.24, 2.45) is 5.92 Å². The van der Waals surface area contributed by atoms with Crippen molar-refractivity contribution in [2.45, 2.75) is 12.8 Å². The Morgan fingerprint density at radius 1 is 1.04 bits per heavy atom. The fourth-order valence-electron chi connectivity index (χ4n) is 3.12. The van der Waals surface area contributed by atoms with Crippen molar-refractivity contribution in [3.63, 3.8) is 0 Å². The van der Waals surface area contributed by atoms with E-state index in [-0.39, 0.29) is 17.7 Å². The van der Waals surface area contributed by atoms with Gasteiger partial charge in [-0.1, -0.05) is 23.5 Å². The minimum absolute atomic E-state index is 0.117. The van der Waals surface area contributed by atoms with Crippen LogP contribution >= 0.6 is 11.3 Å². The van der Waals surface area contributed by atoms with E-state index < -0.39 is 0 Å². The van der Waals surface area contributed by atoms with Crippen LogP contribution in [0.3, 0.4) is 0 Å². The monoisotopic (exact) mass is 381 g/mol. The first-order chi connectivity index (χ1) is 13.2. The zero-order valence-corrected chi connectivity index (χ0v) is 15.4. The van der Waals surface area contributed by atoms with Crippen LogP contribution in [0.25, 0.3) is 10.2 Å². The highest BCUT2D eigenvalue weighted by molar-refractivity contribution is 7.22. The third-order valence-corrected chi connectivity index (χ3v) is 5.76. The Labute approximate surface area is 160 Å². The first kappa shape index (κ1) is 17.4. The zero-order valence-electron chi connectivity index (χ0n) is 14.6. The van der Waals surface area contributed by atoms with Gasteiger partial charge in [-0.05, 0) is 37.1 Å². The van der Waals surface area contributed by atoms with Crippen LogP contribution in [0.1, 0.15) is 23.2 Å². The molecule has 0 bridgehead atoms. The van der Waals surface area contributed by atoms with Gasteiger partial charge in [0, 0.05) is 37.0 Å². The van der Waals surface area contributed by atoms with Gasteiger partial charge in [0.1, 0.15) is 0 Å². The van der Waals surface area contributed by atoms with E-state index in [1.165, 1.54) is 17.1 Å². The Bertz CT molecular complexity index is 918. The number of hydrazine groups is 1. The molecule has 3 heterocycles. The normalized spacial score (nSPS) is 14.9. The minimum atomic E-state index is -0.349. The first-order valence-corrected chi connectivity index (χ1v) is 9.63. The lowest BCUT2D eigenvalue weighted by atomic mass is 9.96. The molecule has 0 unspecified atom stereocenters. The molecule has 8 heteroatoms. The van der Waals surface area contributed by atoms with Gasteiger partial charge in [-0.3, -0.25) is 25.4 Å². The van der Waals surface area contributed by atoms with Crippen LogP contribution in [-0.4, -0.2) is 34.9 Å². The number of thiazole rings is 1. The molecule has 0 saturated carbocycles. The second kappa shape index (κ2) is 7.71. The number of para-hydroxylation sites is 1. The number of carbonyl (C=O) groups excluding carboxylic acids is 2. The van der Waals surface area contributed by atoms with Gasteiger partial charge in [0.25, 0.3) is 5.91 Å². The van der Waals surface area contributed by atoms with Crippen molar-refractivity contribution >= 4 is 38.5 Å². The molecule has 2 N–H and O–H groups in total. The molecule has 0 atom stereocenters. The number of pyridine rings is 1. The van der Waals surface area contributed by atoms with Crippen molar-refractivity contribution < 1.29 is 9.59 Å². The standard InChI is InChI=1S/C19H19N5O2S/c25-17(13-5-9-20-10-6-13)22-23-18(26)14-7-11-24(12-8-14)19-21-15-3-1-2-4-16(15)27-19/h1-6,9-10,14H,7-8,11-12H2,(H,22,25)(H,23,26). The smallest absolute Gasteiger partial charge is 0.269 e. The van der Waals surface area contributed by atoms with Crippen LogP contribution in [0.4, 0.5) is 5.13 Å². The molecule has 2 amide bonds. The van der Waals surface area contributed by atoms with Crippen LogP contribution in [0.2, 0.25) is 0 Å². The Morgan fingerprint density at radius 3 is 2.52 bits per heavy atom. The number of fused-ring (bicyclic) bond motifs is 1. The van der Waals surface area contributed by atoms with Crippen LogP contribution < -0.4 is 15.8 Å². The van der Waals surface area contributed by atoms with E-state index >= 15 is 0 Å². The molecule has 1 fully saturated rings. The van der Waals surface area contributed by atoms with E-state index in [1.807, 2.05) is 18.2 Å². The Kier molecular flexibility index (Phi) is 4.97. The summed E-state index contributed by atoms with van der Waals surface area (Å²) in [6.07, 6.45) is 4.53. The summed E-state index contributed by atoms with van der Waals surface area (Å²) in [5.41, 5.74) is 6.47. The fourth-order valence-corrected chi connectivity index (χ4v) is 4.14. The number of nitrogens with zero attached hydrogens (tertiary/aromatic N) is 3. The maximum Gasteiger partial charge on any atom is 0.269 e. The predicted octanol–water partition coefficient (Wildman–Crippen LogP) is 2.37. The van der Waals surface area contributed by atoms with E-state index in [9.17, 15) is 9.59 Å². The lowest BCUT2D eigenvalue weighted by molar-refractivity contribution is -0.126. The fraction of sp³-hybridized carbons (Fsp3) is 0.263. The van der Waals surface area contributed by atoms with Gasteiger partial charge in [0.05, 0.1) is 10.2 Å². The molecule has 3 aromatic rings. The highest BCUT2D eigenvalue weighted by Gasteiger charge is 2.26. The average molecular weight is 381 g/mol. The SMILES string of the molecule is O=C(NNC(=O)C1CCN(c2nc3ccccc3s2)CC1)c1ccncc1. The Hall–Kier alpha value is -3.00. The summed E-state index contributed by atoms with van der Waals surface area (Å²) in [6.45, 7) is 1.55. The van der Waals surface area contributed by atoms with Crippen molar-refractivity contribution in [2.75, 3.05) is 18.0 Å². The number of rotatable bonds is 3. The molecule has 1 aliphatic heterocycles. The number of amides is 2. The maximum atomic E-state index is 12.3. The van der Waals surface area contributed by atoms with Crippen LogP contribution in [0, 0.1) is 5.92 Å². The number of aromatic nitrogens is 2. The first-order valence-electron chi connectivity index (χ1n) is 8.81. The van der Waals surface area contributed by atoms with Gasteiger partial charge < -0.3 is 4.90 Å². The molecule has 0 aliphatic carbocycles. The van der Waals surface area contributed by atoms with Gasteiger partial charge in [-0.25, -0.2) is 4.98 Å². The number of benzene rings is 1. The summed E-state index contributed by atoms with van der Waals surface area (Å²) in [5.74, 6) is -0.618. The second-order valence-corrected chi connectivity index (χ2v) is 7.41. The highest BCUT2D eigenvalue weighted by atomic mass is 32.1. The molecule has 2 aromatic heterocycles. The molecule has 138 valence electrons. The second-order valence-electron chi connectivity index (χ2n) is 6.40. The van der Waals surface area contributed by atoms with E-state index in [0.717, 1.165) is 36.6 Å². The Balaban J connectivity index is 1.29. The highest BCUT2D eigenvalue weighted by Crippen LogP contribution is 2.31. The number of hydrogen-bond acceptors (Lipinski definition) is 6. The van der Waals surface area contributed by atoms with Gasteiger partial charge >= 0.3 is 0 Å². The molecule has 1 aliphatic rings. The number of anilines is 1. The summed E-state index contributed by atoms with van der Waals surface area (Å²) < 4.78 is 1.17. The molecule has 4 rings (SSSR count). The molecule has 0 radical (unpaired) electrons. The lowest BCUT2D eigenvalue weighted by Crippen LogP contribution is -2.47. The molecule has 1 saturated heterocycles. The summed E-state index contributed by atoms with van der Waals surface area (Å²) in [4.78, 5) is 35.1. The molecular formula is C19H19N5O2S. The average Bonchev–Trinajstić information content (AvgIpc) is 3.17. The third-order valence-electron chi connectivity index (χ3n) is 4.66. The van der Waals surface area contributed by atoms with Crippen LogP contribution in [-0.2, 0) is 4.79 Å². The third kappa shape index (κ3) is 3.90. The van der Waals surface area contributed by atoms with Gasteiger partial charge in [0.15, 0.2) is 5.13 Å². The number of piperidine rings is 1. The van der Waals surface area contributed by atoms with Gasteiger partial charge in [0.2, 0.25) is 5.91 Å². The van der Waals surface area contributed by atoms with Crippen molar-refractivity contribution in [1.82, 2.24) is 20.8 Å². The quantitative estimate of drug-likeness (QED) is 0.680. The molecule has 7 nitrogen and oxygen atoms in total. The van der Waals surface area contributed by atoms with E-state index in [2.05, 4.69) is 31.8 Å². The van der Waals surface area contributed by atoms with Crippen molar-refractivity contribution in [3.05, 3.63) is 54.4 Å². The largest absolute Gasteiger partial charge is 0.348 e. The number of carbonyl (C=O) groups is 2. The van der Waals surface area contributed by atoms with E-state index in [1.54, 1.807) is 23.5 Å². The van der Waals surface area contributed by atoms with Gasteiger partial charge in [-0.15, -0.1) is 0 Å². The van der Waals surface area contributed by atoms with Crippen LogP contribution in [0.5, 0.6) is 0 Å². The summed E-state index contributed by atoms with van der Waals surface area (Å²) in [5, 5.41) is 1.00. The summed E-state index contributed by atoms with van der Waals surface area (Å²) in [6, 6.07) is 11.3. The summed E-state index contributed by atoms with van der Waals surface area (Å²) >= 11 is 1.68. The zero-order chi connectivity index (χ0) is 18.6. The van der Waals surface area contributed by atoms with Gasteiger partial charge in [-0.2, -0.15) is 0 Å². The molecule has 0 spiro atoms. The van der Waals surface area contributed by atoms with Crippen molar-refractivity contribution in [1.29, 1.82) is 0 Å². The van der Waals surface area contributed by atoms with E-state index in [0.29, 0.717) is 5.56 Å². The topological polar surface area (TPSA) is 87.2 Å². The van der Waals surface area contributed by atoms with E-state index in [4.69, 9.17) is 0 Å². The Morgan fingerprint density at radius 2 is 1.78 bits per heavy atom. The molecular weight excluding hydrogens is 362 g/mol. The molecule has 1 aromatic carbocycles. The predicted molar refractivity (Wildman–Crippen MR) is 104 cm³/mol. The van der Waals surface area contributed by atoms with Crippen LogP contribution in [0.15, 0.2) is 48.8 Å². The minimum Gasteiger partial charge on any atom is -0.348 e. The summed E-state index contributed by atoms with van der Waals surface area (Å²) in [7, 11) is 0. The maximum absolute atomic E-state index is 12.3. The number of nitrogens with one attached hydrogen (secondary N) is 2. The lowest BCUT2D eigenvalue weighted by Gasteiger charge is -2.30. The molecule has 27 heavy (non-hydrogen) atoms. The van der Waals surface area contributed by atoms with Crippen molar-refractivity contribution in [3.8, 4) is 0 Å².